The normalized spacial score (nSPS) is 13.2. The number of nitrogens with zero attached hydrogens (tertiary/aromatic N) is 1. The van der Waals surface area contributed by atoms with E-state index in [4.69, 9.17) is 27.6 Å². The molecule has 0 saturated carbocycles. The van der Waals surface area contributed by atoms with Gasteiger partial charge in [-0.3, -0.25) is 4.79 Å². The standard InChI is InChI=1S/C27H22Cl2N2O2S/c28-21-12-10-18(14-22(21)29)23-13-11-19(33-23)16-31-27-25(20-8-4-5-9-24(20)34-27)26(32)30-15-17-6-2-1-3-7-17/h1-3,6-7,10-14,16H,4-5,8-9,15H2,(H,30,32)/b31-16+. The molecule has 2 heterocycles. The zero-order valence-corrected chi connectivity index (χ0v) is 20.6. The number of hydrogen-bond acceptors (Lipinski definition) is 4. The van der Waals surface area contributed by atoms with Gasteiger partial charge in [0.05, 0.1) is 21.8 Å². The summed E-state index contributed by atoms with van der Waals surface area (Å²) in [5.74, 6) is 1.20. The smallest absolute Gasteiger partial charge is 0.254 e. The van der Waals surface area contributed by atoms with E-state index in [2.05, 4.69) is 10.3 Å². The Morgan fingerprint density at radius 1 is 1.03 bits per heavy atom. The van der Waals surface area contributed by atoms with Crippen LogP contribution in [0.25, 0.3) is 11.3 Å². The average molecular weight is 509 g/mol. The Morgan fingerprint density at radius 3 is 2.68 bits per heavy atom. The number of carbonyl (C=O) groups is 1. The molecule has 34 heavy (non-hydrogen) atoms. The van der Waals surface area contributed by atoms with Gasteiger partial charge >= 0.3 is 0 Å². The molecule has 0 bridgehead atoms. The van der Waals surface area contributed by atoms with E-state index < -0.39 is 0 Å². The molecule has 0 unspecified atom stereocenters. The van der Waals surface area contributed by atoms with Gasteiger partial charge in [-0.15, -0.1) is 11.3 Å². The van der Waals surface area contributed by atoms with Crippen LogP contribution in [-0.2, 0) is 19.4 Å². The number of rotatable bonds is 6. The van der Waals surface area contributed by atoms with Crippen LogP contribution in [0.1, 0.15) is 45.0 Å². The molecule has 0 fully saturated rings. The molecule has 2 aromatic heterocycles. The summed E-state index contributed by atoms with van der Waals surface area (Å²) in [5.41, 5.74) is 3.74. The Balaban J connectivity index is 1.39. The van der Waals surface area contributed by atoms with Crippen LogP contribution in [0.2, 0.25) is 10.0 Å². The summed E-state index contributed by atoms with van der Waals surface area (Å²) in [5, 5.41) is 4.77. The zero-order valence-electron chi connectivity index (χ0n) is 18.3. The predicted molar refractivity (Wildman–Crippen MR) is 140 cm³/mol. The van der Waals surface area contributed by atoms with Gasteiger partial charge in [0.15, 0.2) is 0 Å². The summed E-state index contributed by atoms with van der Waals surface area (Å²) >= 11 is 13.8. The Bertz CT molecular complexity index is 1360. The summed E-state index contributed by atoms with van der Waals surface area (Å²) in [6.45, 7) is 0.485. The first kappa shape index (κ1) is 22.9. The monoisotopic (exact) mass is 508 g/mol. The van der Waals surface area contributed by atoms with Crippen LogP contribution in [0.3, 0.4) is 0 Å². The highest BCUT2D eigenvalue weighted by atomic mass is 35.5. The predicted octanol–water partition coefficient (Wildman–Crippen LogP) is 7.87. The van der Waals surface area contributed by atoms with Gasteiger partial charge in [0.1, 0.15) is 16.5 Å². The number of benzene rings is 2. The summed E-state index contributed by atoms with van der Waals surface area (Å²) in [4.78, 5) is 19.2. The number of halogens is 2. The first-order valence-corrected chi connectivity index (χ1v) is 12.7. The molecule has 2 aromatic carbocycles. The highest BCUT2D eigenvalue weighted by Crippen LogP contribution is 2.40. The molecule has 0 saturated heterocycles. The number of fused-ring (bicyclic) bond motifs is 1. The van der Waals surface area contributed by atoms with Gasteiger partial charge in [-0.25, -0.2) is 4.99 Å². The van der Waals surface area contributed by atoms with Crippen molar-refractivity contribution in [2.75, 3.05) is 0 Å². The van der Waals surface area contributed by atoms with Crippen molar-refractivity contribution in [1.82, 2.24) is 5.32 Å². The van der Waals surface area contributed by atoms with Gasteiger partial charge in [-0.05, 0) is 67.1 Å². The van der Waals surface area contributed by atoms with Crippen molar-refractivity contribution < 1.29 is 9.21 Å². The second-order valence-corrected chi connectivity index (χ2v) is 10.0. The average Bonchev–Trinajstić information content (AvgIpc) is 3.48. The van der Waals surface area contributed by atoms with E-state index in [1.54, 1.807) is 29.7 Å². The maximum Gasteiger partial charge on any atom is 0.254 e. The van der Waals surface area contributed by atoms with Crippen LogP contribution in [0.5, 0.6) is 0 Å². The lowest BCUT2D eigenvalue weighted by molar-refractivity contribution is 0.0951. The highest BCUT2D eigenvalue weighted by Gasteiger charge is 2.25. The fourth-order valence-corrected chi connectivity index (χ4v) is 5.62. The Labute approximate surface area is 212 Å². The molecule has 5 rings (SSSR count). The van der Waals surface area contributed by atoms with E-state index >= 15 is 0 Å². The van der Waals surface area contributed by atoms with Crippen molar-refractivity contribution in [1.29, 1.82) is 0 Å². The quantitative estimate of drug-likeness (QED) is 0.269. The number of furan rings is 1. The minimum atomic E-state index is -0.0775. The highest BCUT2D eigenvalue weighted by molar-refractivity contribution is 7.16. The molecule has 1 amide bonds. The topological polar surface area (TPSA) is 54.6 Å². The van der Waals surface area contributed by atoms with Crippen LogP contribution in [-0.4, -0.2) is 12.1 Å². The molecule has 172 valence electrons. The fraction of sp³-hybridized carbons (Fsp3) is 0.185. The van der Waals surface area contributed by atoms with E-state index in [0.29, 0.717) is 33.7 Å². The second-order valence-electron chi connectivity index (χ2n) is 8.15. The van der Waals surface area contributed by atoms with Gasteiger partial charge < -0.3 is 9.73 Å². The molecule has 1 N–H and O–H groups in total. The van der Waals surface area contributed by atoms with E-state index in [-0.39, 0.29) is 5.91 Å². The first-order chi connectivity index (χ1) is 16.6. The van der Waals surface area contributed by atoms with E-state index in [9.17, 15) is 4.79 Å². The summed E-state index contributed by atoms with van der Waals surface area (Å²) in [6, 6.07) is 19.0. The van der Waals surface area contributed by atoms with Crippen molar-refractivity contribution in [2.24, 2.45) is 4.99 Å². The van der Waals surface area contributed by atoms with E-state index in [1.165, 1.54) is 4.88 Å². The second kappa shape index (κ2) is 10.2. The third-order valence-electron chi connectivity index (χ3n) is 5.82. The number of amides is 1. The van der Waals surface area contributed by atoms with Gasteiger partial charge in [-0.1, -0.05) is 53.5 Å². The zero-order chi connectivity index (χ0) is 23.5. The van der Waals surface area contributed by atoms with Crippen LogP contribution in [0.15, 0.2) is 70.1 Å². The van der Waals surface area contributed by atoms with Crippen LogP contribution >= 0.6 is 34.5 Å². The molecular formula is C27H22Cl2N2O2S. The molecule has 0 aliphatic heterocycles. The Kier molecular flexibility index (Phi) is 6.86. The molecule has 0 atom stereocenters. The van der Waals surface area contributed by atoms with Gasteiger partial charge in [0, 0.05) is 17.0 Å². The minimum absolute atomic E-state index is 0.0775. The lowest BCUT2D eigenvalue weighted by Gasteiger charge is -2.12. The molecule has 1 aliphatic rings. The Hall–Kier alpha value is -2.86. The SMILES string of the molecule is O=C(NCc1ccccc1)c1c(/N=C/c2ccc(-c3ccc(Cl)c(Cl)c3)o2)sc2c1CCCC2. The lowest BCUT2D eigenvalue weighted by atomic mass is 9.95. The Morgan fingerprint density at radius 2 is 1.85 bits per heavy atom. The number of thiophene rings is 1. The fourth-order valence-electron chi connectivity index (χ4n) is 4.09. The third-order valence-corrected chi connectivity index (χ3v) is 7.75. The van der Waals surface area contributed by atoms with Crippen molar-refractivity contribution in [2.45, 2.75) is 32.2 Å². The molecule has 0 spiro atoms. The number of nitrogens with one attached hydrogen (secondary N) is 1. The van der Waals surface area contributed by atoms with Crippen LogP contribution < -0.4 is 5.32 Å². The molecular weight excluding hydrogens is 487 g/mol. The van der Waals surface area contributed by atoms with Gasteiger partial charge in [0.2, 0.25) is 0 Å². The van der Waals surface area contributed by atoms with Crippen LogP contribution in [0, 0.1) is 0 Å². The van der Waals surface area contributed by atoms with Crippen LogP contribution in [0.4, 0.5) is 5.00 Å². The maximum atomic E-state index is 13.2. The van der Waals surface area contributed by atoms with Crippen molar-refractivity contribution in [3.63, 3.8) is 0 Å². The molecule has 7 heteroatoms. The lowest BCUT2D eigenvalue weighted by Crippen LogP contribution is -2.24. The number of carbonyl (C=O) groups excluding carboxylic acids is 1. The summed E-state index contributed by atoms with van der Waals surface area (Å²) in [6.07, 6.45) is 5.82. The molecule has 4 nitrogen and oxygen atoms in total. The number of aryl methyl sites for hydroxylation is 1. The summed E-state index contributed by atoms with van der Waals surface area (Å²) in [7, 11) is 0. The summed E-state index contributed by atoms with van der Waals surface area (Å²) < 4.78 is 5.95. The largest absolute Gasteiger partial charge is 0.455 e. The van der Waals surface area contributed by atoms with Crippen molar-refractivity contribution >= 4 is 51.7 Å². The van der Waals surface area contributed by atoms with Gasteiger partial charge in [-0.2, -0.15) is 0 Å². The molecule has 0 radical (unpaired) electrons. The van der Waals surface area contributed by atoms with Crippen molar-refractivity contribution in [3.05, 3.63) is 98.0 Å². The number of aliphatic imine (C=N–C) groups is 1. The van der Waals surface area contributed by atoms with Crippen molar-refractivity contribution in [3.8, 4) is 11.3 Å². The molecule has 4 aromatic rings. The first-order valence-electron chi connectivity index (χ1n) is 11.1. The van der Waals surface area contributed by atoms with Gasteiger partial charge in [0.25, 0.3) is 5.91 Å². The minimum Gasteiger partial charge on any atom is -0.455 e. The maximum absolute atomic E-state index is 13.2. The molecule has 1 aliphatic carbocycles. The van der Waals surface area contributed by atoms with E-state index in [1.807, 2.05) is 48.5 Å². The van der Waals surface area contributed by atoms with E-state index in [0.717, 1.165) is 47.4 Å². The third kappa shape index (κ3) is 4.97. The number of hydrogen-bond donors (Lipinski definition) is 1.